The van der Waals surface area contributed by atoms with E-state index in [0.29, 0.717) is 0 Å². The van der Waals surface area contributed by atoms with E-state index in [-0.39, 0.29) is 5.82 Å². The number of hydrogen-bond acceptors (Lipinski definition) is 2. The van der Waals surface area contributed by atoms with Gasteiger partial charge in [-0.2, -0.15) is 0 Å². The van der Waals surface area contributed by atoms with Gasteiger partial charge in [0.05, 0.1) is 0 Å². The predicted molar refractivity (Wildman–Crippen MR) is 82.5 cm³/mol. The zero-order chi connectivity index (χ0) is 14.2. The van der Waals surface area contributed by atoms with Crippen LogP contribution in [0.1, 0.15) is 5.56 Å². The molecule has 0 aliphatic heterocycles. The lowest BCUT2D eigenvalue weighted by Crippen LogP contribution is -2.27. The Labute approximate surface area is 120 Å². The molecular formula is C17H21FN2. The molecule has 0 radical (unpaired) electrons. The van der Waals surface area contributed by atoms with Gasteiger partial charge in [-0.3, -0.25) is 0 Å². The normalized spacial score (nSPS) is 10.8. The summed E-state index contributed by atoms with van der Waals surface area (Å²) in [7, 11) is 2.11. The van der Waals surface area contributed by atoms with Crippen LogP contribution in [-0.4, -0.2) is 31.6 Å². The first-order valence-corrected chi connectivity index (χ1v) is 6.96. The minimum absolute atomic E-state index is 0.201. The van der Waals surface area contributed by atoms with Crippen molar-refractivity contribution >= 4 is 5.69 Å². The first-order chi connectivity index (χ1) is 9.74. The molecule has 2 rings (SSSR count). The van der Waals surface area contributed by atoms with Gasteiger partial charge in [0.1, 0.15) is 5.82 Å². The molecule has 0 aliphatic carbocycles. The Morgan fingerprint density at radius 2 is 1.80 bits per heavy atom. The Balaban J connectivity index is 1.66. The summed E-state index contributed by atoms with van der Waals surface area (Å²) < 4.78 is 13.0. The van der Waals surface area contributed by atoms with Gasteiger partial charge < -0.3 is 10.2 Å². The largest absolute Gasteiger partial charge is 0.384 e. The molecule has 3 heteroatoms. The van der Waals surface area contributed by atoms with Crippen LogP contribution in [0.25, 0.3) is 0 Å². The maximum absolute atomic E-state index is 13.0. The van der Waals surface area contributed by atoms with Gasteiger partial charge in [-0.1, -0.05) is 36.4 Å². The van der Waals surface area contributed by atoms with Crippen LogP contribution in [-0.2, 0) is 6.42 Å². The minimum atomic E-state index is -0.201. The predicted octanol–water partition coefficient (Wildman–Crippen LogP) is 3.41. The van der Waals surface area contributed by atoms with E-state index in [2.05, 4.69) is 41.5 Å². The van der Waals surface area contributed by atoms with E-state index in [0.717, 1.165) is 31.7 Å². The monoisotopic (exact) mass is 272 g/mol. The molecule has 2 aromatic rings. The van der Waals surface area contributed by atoms with Crippen molar-refractivity contribution in [3.63, 3.8) is 0 Å². The highest BCUT2D eigenvalue weighted by molar-refractivity contribution is 5.42. The van der Waals surface area contributed by atoms with Crippen molar-refractivity contribution in [2.24, 2.45) is 0 Å². The summed E-state index contributed by atoms with van der Waals surface area (Å²) in [4.78, 5) is 2.28. The molecule has 0 bridgehead atoms. The molecule has 1 N–H and O–H groups in total. The number of hydrogen-bond donors (Lipinski definition) is 1. The summed E-state index contributed by atoms with van der Waals surface area (Å²) in [6.45, 7) is 2.77. The number of nitrogens with zero attached hydrogens (tertiary/aromatic N) is 1. The summed E-state index contributed by atoms with van der Waals surface area (Å²) in [6, 6.07) is 17.1. The van der Waals surface area contributed by atoms with E-state index >= 15 is 0 Å². The van der Waals surface area contributed by atoms with Crippen molar-refractivity contribution in [1.29, 1.82) is 0 Å². The summed E-state index contributed by atoms with van der Waals surface area (Å²) in [5, 5.41) is 3.23. The van der Waals surface area contributed by atoms with Crippen molar-refractivity contribution in [2.75, 3.05) is 32.0 Å². The number of rotatable bonds is 7. The lowest BCUT2D eigenvalue weighted by molar-refractivity contribution is 0.351. The third-order valence-corrected chi connectivity index (χ3v) is 3.27. The van der Waals surface area contributed by atoms with Crippen molar-refractivity contribution in [3.8, 4) is 0 Å². The average Bonchev–Trinajstić information content (AvgIpc) is 2.46. The molecule has 0 spiro atoms. The highest BCUT2D eigenvalue weighted by atomic mass is 19.1. The third kappa shape index (κ3) is 5.02. The highest BCUT2D eigenvalue weighted by Crippen LogP contribution is 2.08. The van der Waals surface area contributed by atoms with Gasteiger partial charge >= 0.3 is 0 Å². The Bertz CT molecular complexity index is 513. The standard InChI is InChI=1S/C17H21FN2/c1-20(12-10-15-6-3-2-4-7-15)13-11-19-17-9-5-8-16(18)14-17/h2-9,14,19H,10-13H2,1H3. The summed E-state index contributed by atoms with van der Waals surface area (Å²) >= 11 is 0. The van der Waals surface area contributed by atoms with Crippen LogP contribution in [0, 0.1) is 5.82 Å². The van der Waals surface area contributed by atoms with Gasteiger partial charge in [-0.25, -0.2) is 4.39 Å². The lowest BCUT2D eigenvalue weighted by Gasteiger charge is -2.17. The van der Waals surface area contributed by atoms with E-state index in [4.69, 9.17) is 0 Å². The molecule has 0 amide bonds. The van der Waals surface area contributed by atoms with Crippen LogP contribution in [0.15, 0.2) is 54.6 Å². The van der Waals surface area contributed by atoms with E-state index < -0.39 is 0 Å². The number of likely N-dealkylation sites (N-methyl/N-ethyl adjacent to an activating group) is 1. The number of halogens is 1. The molecular weight excluding hydrogens is 251 g/mol. The average molecular weight is 272 g/mol. The Kier molecular flexibility index (Phi) is 5.56. The molecule has 106 valence electrons. The Morgan fingerprint density at radius 1 is 1.00 bits per heavy atom. The van der Waals surface area contributed by atoms with Gasteiger partial charge in [0.2, 0.25) is 0 Å². The Hall–Kier alpha value is -1.87. The van der Waals surface area contributed by atoms with Gasteiger partial charge in [0.25, 0.3) is 0 Å². The smallest absolute Gasteiger partial charge is 0.125 e. The van der Waals surface area contributed by atoms with Gasteiger partial charge in [-0.15, -0.1) is 0 Å². The molecule has 0 heterocycles. The number of benzene rings is 2. The molecule has 0 saturated heterocycles. The zero-order valence-corrected chi connectivity index (χ0v) is 11.8. The van der Waals surface area contributed by atoms with Crippen LogP contribution >= 0.6 is 0 Å². The van der Waals surface area contributed by atoms with Crippen molar-refractivity contribution in [2.45, 2.75) is 6.42 Å². The molecule has 0 saturated carbocycles. The van der Waals surface area contributed by atoms with Crippen molar-refractivity contribution in [1.82, 2.24) is 4.90 Å². The van der Waals surface area contributed by atoms with E-state index in [9.17, 15) is 4.39 Å². The van der Waals surface area contributed by atoms with Gasteiger partial charge in [0.15, 0.2) is 0 Å². The highest BCUT2D eigenvalue weighted by Gasteiger charge is 2.00. The van der Waals surface area contributed by atoms with Crippen molar-refractivity contribution in [3.05, 3.63) is 66.0 Å². The molecule has 2 nitrogen and oxygen atoms in total. The zero-order valence-electron chi connectivity index (χ0n) is 11.8. The van der Waals surface area contributed by atoms with Crippen LogP contribution in [0.4, 0.5) is 10.1 Å². The molecule has 0 unspecified atom stereocenters. The van der Waals surface area contributed by atoms with Crippen LogP contribution in [0.3, 0.4) is 0 Å². The first kappa shape index (κ1) is 14.5. The quantitative estimate of drug-likeness (QED) is 0.831. The fourth-order valence-electron chi connectivity index (χ4n) is 2.07. The second kappa shape index (κ2) is 7.65. The third-order valence-electron chi connectivity index (χ3n) is 3.27. The van der Waals surface area contributed by atoms with E-state index in [1.54, 1.807) is 6.07 Å². The second-order valence-corrected chi connectivity index (χ2v) is 4.98. The molecule has 0 fully saturated rings. The fourth-order valence-corrected chi connectivity index (χ4v) is 2.07. The molecule has 0 aliphatic rings. The first-order valence-electron chi connectivity index (χ1n) is 6.96. The van der Waals surface area contributed by atoms with Crippen molar-refractivity contribution < 1.29 is 4.39 Å². The van der Waals surface area contributed by atoms with Crippen LogP contribution in [0.2, 0.25) is 0 Å². The van der Waals surface area contributed by atoms with Gasteiger partial charge in [0, 0.05) is 25.3 Å². The summed E-state index contributed by atoms with van der Waals surface area (Å²) in [5.74, 6) is -0.201. The fraction of sp³-hybridized carbons (Fsp3) is 0.294. The maximum Gasteiger partial charge on any atom is 0.125 e. The van der Waals surface area contributed by atoms with E-state index in [1.165, 1.54) is 17.7 Å². The second-order valence-electron chi connectivity index (χ2n) is 4.98. The minimum Gasteiger partial charge on any atom is -0.384 e. The van der Waals surface area contributed by atoms with Crippen LogP contribution in [0.5, 0.6) is 0 Å². The van der Waals surface area contributed by atoms with Crippen LogP contribution < -0.4 is 5.32 Å². The molecule has 0 aromatic heterocycles. The van der Waals surface area contributed by atoms with Gasteiger partial charge in [-0.05, 0) is 37.2 Å². The topological polar surface area (TPSA) is 15.3 Å². The lowest BCUT2D eigenvalue weighted by atomic mass is 10.1. The summed E-state index contributed by atoms with van der Waals surface area (Å²) in [5.41, 5.74) is 2.19. The molecule has 20 heavy (non-hydrogen) atoms. The SMILES string of the molecule is CN(CCNc1cccc(F)c1)CCc1ccccc1. The molecule has 0 atom stereocenters. The molecule has 2 aromatic carbocycles. The number of anilines is 1. The Morgan fingerprint density at radius 3 is 2.55 bits per heavy atom. The number of nitrogens with one attached hydrogen (secondary N) is 1. The maximum atomic E-state index is 13.0. The van der Waals surface area contributed by atoms with E-state index in [1.807, 2.05) is 12.1 Å². The summed E-state index contributed by atoms with van der Waals surface area (Å²) in [6.07, 6.45) is 1.05.